The molecule has 1 heterocycles. The first kappa shape index (κ1) is 19.6. The largest absolute Gasteiger partial charge is 0.345 e. The van der Waals surface area contributed by atoms with Gasteiger partial charge in [0.1, 0.15) is 0 Å². The Balaban J connectivity index is 1.79. The van der Waals surface area contributed by atoms with Crippen LogP contribution in [-0.4, -0.2) is 44.3 Å². The first-order valence-corrected chi connectivity index (χ1v) is 10.1. The Labute approximate surface area is 156 Å². The summed E-state index contributed by atoms with van der Waals surface area (Å²) in [6.07, 6.45) is 2.48. The molecule has 0 atom stereocenters. The number of nitrogens with one attached hydrogen (secondary N) is 1. The topological polar surface area (TPSA) is 79.4 Å². The summed E-state index contributed by atoms with van der Waals surface area (Å²) in [5, 5.41) is 0. The van der Waals surface area contributed by atoms with Gasteiger partial charge in [-0.05, 0) is 30.3 Å². The number of halogens is 1. The van der Waals surface area contributed by atoms with Gasteiger partial charge in [-0.15, -0.1) is 0 Å². The predicted molar refractivity (Wildman–Crippen MR) is 99.5 cm³/mol. The van der Waals surface area contributed by atoms with Crippen molar-refractivity contribution in [3.8, 4) is 0 Å². The van der Waals surface area contributed by atoms with Gasteiger partial charge < -0.3 is 4.90 Å². The molecule has 0 spiro atoms. The van der Waals surface area contributed by atoms with Gasteiger partial charge in [-0.25, -0.2) is 13.1 Å². The minimum atomic E-state index is -3.62. The number of hydrogen-bond acceptors (Lipinski definition) is 4. The maximum Gasteiger partial charge on any atom is 0.240 e. The molecule has 0 radical (unpaired) electrons. The Kier molecular flexibility index (Phi) is 7.10. The van der Waals surface area contributed by atoms with Crippen molar-refractivity contribution in [3.05, 3.63) is 58.8 Å². The van der Waals surface area contributed by atoms with Crippen molar-refractivity contribution in [2.24, 2.45) is 0 Å². The Morgan fingerprint density at radius 3 is 2.72 bits per heavy atom. The van der Waals surface area contributed by atoms with Gasteiger partial charge in [-0.3, -0.25) is 9.78 Å². The number of likely N-dealkylation sites (N-methyl/N-ethyl adjacent to an activating group) is 1. The molecule has 1 amide bonds. The molecule has 1 aromatic carbocycles. The summed E-state index contributed by atoms with van der Waals surface area (Å²) in [5.41, 5.74) is 0.914. The van der Waals surface area contributed by atoms with E-state index in [4.69, 9.17) is 0 Å². The third-order valence-electron chi connectivity index (χ3n) is 3.59. The van der Waals surface area contributed by atoms with Crippen LogP contribution in [0.5, 0.6) is 0 Å². The second-order valence-electron chi connectivity index (χ2n) is 5.49. The van der Waals surface area contributed by atoms with Crippen LogP contribution in [0.1, 0.15) is 12.1 Å². The molecule has 25 heavy (non-hydrogen) atoms. The second kappa shape index (κ2) is 9.07. The number of benzene rings is 1. The first-order chi connectivity index (χ1) is 11.9. The van der Waals surface area contributed by atoms with E-state index < -0.39 is 10.0 Å². The van der Waals surface area contributed by atoms with Crippen molar-refractivity contribution < 1.29 is 13.2 Å². The monoisotopic (exact) mass is 425 g/mol. The van der Waals surface area contributed by atoms with E-state index in [0.29, 0.717) is 17.4 Å². The maximum absolute atomic E-state index is 12.2. The lowest BCUT2D eigenvalue weighted by Crippen LogP contribution is -2.33. The van der Waals surface area contributed by atoms with Gasteiger partial charge in [0.05, 0.1) is 4.90 Å². The number of sulfonamides is 1. The molecule has 0 fully saturated rings. The van der Waals surface area contributed by atoms with Crippen molar-refractivity contribution in [2.75, 3.05) is 20.1 Å². The third-order valence-corrected chi connectivity index (χ3v) is 5.54. The van der Waals surface area contributed by atoms with E-state index >= 15 is 0 Å². The number of carbonyl (C=O) groups is 1. The second-order valence-corrected chi connectivity index (χ2v) is 8.17. The fourth-order valence-corrected chi connectivity index (χ4v) is 3.78. The summed E-state index contributed by atoms with van der Waals surface area (Å²) in [4.78, 5) is 18.1. The van der Waals surface area contributed by atoms with Crippen molar-refractivity contribution in [1.82, 2.24) is 14.6 Å². The van der Waals surface area contributed by atoms with Gasteiger partial charge in [0.15, 0.2) is 0 Å². The summed E-state index contributed by atoms with van der Waals surface area (Å²) < 4.78 is 27.5. The summed E-state index contributed by atoms with van der Waals surface area (Å²) in [5.74, 6) is -0.118. The molecular weight excluding hydrogens is 406 g/mol. The van der Waals surface area contributed by atoms with E-state index in [1.54, 1.807) is 30.3 Å². The third kappa shape index (κ3) is 6.22. The summed E-state index contributed by atoms with van der Waals surface area (Å²) >= 11 is 3.24. The molecule has 8 heteroatoms. The van der Waals surface area contributed by atoms with Crippen LogP contribution >= 0.6 is 15.9 Å². The van der Waals surface area contributed by atoms with Crippen LogP contribution in [0.15, 0.2) is 58.0 Å². The molecule has 0 bridgehead atoms. The van der Waals surface area contributed by atoms with E-state index in [1.165, 1.54) is 12.1 Å². The number of nitrogens with zero attached hydrogens (tertiary/aromatic N) is 2. The summed E-state index contributed by atoms with van der Waals surface area (Å²) in [6, 6.07) is 12.1. The van der Waals surface area contributed by atoms with Crippen LogP contribution in [0.3, 0.4) is 0 Å². The van der Waals surface area contributed by atoms with E-state index in [0.717, 1.165) is 5.69 Å². The molecule has 2 rings (SSSR count). The molecule has 2 aromatic rings. The van der Waals surface area contributed by atoms with Crippen LogP contribution in [0.2, 0.25) is 0 Å². The molecule has 0 saturated heterocycles. The van der Waals surface area contributed by atoms with E-state index in [9.17, 15) is 13.2 Å². The Morgan fingerprint density at radius 1 is 1.24 bits per heavy atom. The van der Waals surface area contributed by atoms with E-state index in [2.05, 4.69) is 25.6 Å². The molecular formula is C17H20BrN3O3S. The van der Waals surface area contributed by atoms with Crippen molar-refractivity contribution in [2.45, 2.75) is 17.7 Å². The lowest BCUT2D eigenvalue weighted by Gasteiger charge is -2.17. The van der Waals surface area contributed by atoms with Gasteiger partial charge in [-0.1, -0.05) is 28.1 Å². The van der Waals surface area contributed by atoms with Crippen LogP contribution < -0.4 is 4.72 Å². The number of carbonyl (C=O) groups excluding carboxylic acids is 1. The van der Waals surface area contributed by atoms with E-state index in [-0.39, 0.29) is 23.8 Å². The molecule has 0 unspecified atom stereocenters. The highest BCUT2D eigenvalue weighted by Crippen LogP contribution is 2.15. The minimum Gasteiger partial charge on any atom is -0.345 e. The zero-order chi connectivity index (χ0) is 18.3. The summed E-state index contributed by atoms with van der Waals surface area (Å²) in [6.45, 7) is 0.593. The highest BCUT2D eigenvalue weighted by Gasteiger charge is 2.15. The average molecular weight is 426 g/mol. The fraction of sp³-hybridized carbons (Fsp3) is 0.294. The zero-order valence-electron chi connectivity index (χ0n) is 13.9. The van der Waals surface area contributed by atoms with Gasteiger partial charge in [0.2, 0.25) is 15.9 Å². The van der Waals surface area contributed by atoms with Crippen LogP contribution in [0, 0.1) is 0 Å². The lowest BCUT2D eigenvalue weighted by molar-refractivity contribution is -0.129. The number of amides is 1. The number of aromatic nitrogens is 1. The molecule has 6 nitrogen and oxygen atoms in total. The first-order valence-electron chi connectivity index (χ1n) is 7.77. The summed E-state index contributed by atoms with van der Waals surface area (Å²) in [7, 11) is -1.92. The fourth-order valence-electron chi connectivity index (χ4n) is 2.15. The lowest BCUT2D eigenvalue weighted by atomic mass is 10.2. The highest BCUT2D eigenvalue weighted by atomic mass is 79.9. The van der Waals surface area contributed by atoms with Gasteiger partial charge in [0.25, 0.3) is 0 Å². The van der Waals surface area contributed by atoms with E-state index in [1.807, 2.05) is 18.2 Å². The maximum atomic E-state index is 12.2. The van der Waals surface area contributed by atoms with Crippen molar-refractivity contribution in [3.63, 3.8) is 0 Å². The van der Waals surface area contributed by atoms with Crippen LogP contribution in [0.4, 0.5) is 0 Å². The number of pyridine rings is 1. The zero-order valence-corrected chi connectivity index (χ0v) is 16.3. The molecule has 1 aromatic heterocycles. The van der Waals surface area contributed by atoms with Crippen molar-refractivity contribution >= 4 is 31.9 Å². The van der Waals surface area contributed by atoms with Crippen molar-refractivity contribution in [1.29, 1.82) is 0 Å². The molecule has 0 saturated carbocycles. The van der Waals surface area contributed by atoms with Crippen LogP contribution in [0.25, 0.3) is 0 Å². The molecule has 0 aliphatic carbocycles. The highest BCUT2D eigenvalue weighted by molar-refractivity contribution is 9.10. The number of hydrogen-bond donors (Lipinski definition) is 1. The Morgan fingerprint density at radius 2 is 2.04 bits per heavy atom. The molecule has 134 valence electrons. The average Bonchev–Trinajstić information content (AvgIpc) is 2.60. The Bertz CT molecular complexity index is 813. The molecule has 0 aliphatic heterocycles. The minimum absolute atomic E-state index is 0.0571. The Hall–Kier alpha value is -1.77. The SMILES string of the molecule is CN(CCc1ccccn1)C(=O)CCNS(=O)(=O)c1cccc(Br)c1. The van der Waals surface area contributed by atoms with Gasteiger partial charge in [0, 0.05) is 49.3 Å². The molecule has 1 N–H and O–H groups in total. The quantitative estimate of drug-likeness (QED) is 0.702. The van der Waals surface area contributed by atoms with Gasteiger partial charge >= 0.3 is 0 Å². The smallest absolute Gasteiger partial charge is 0.240 e. The normalized spacial score (nSPS) is 11.3. The molecule has 0 aliphatic rings. The standard InChI is InChI=1S/C17H20BrN3O3S/c1-21(12-9-15-6-2-3-10-19-15)17(22)8-11-20-25(23,24)16-7-4-5-14(18)13-16/h2-7,10,13,20H,8-9,11-12H2,1H3. The number of rotatable bonds is 8. The predicted octanol–water partition coefficient (Wildman–Crippen LogP) is 2.21. The van der Waals surface area contributed by atoms with Gasteiger partial charge in [-0.2, -0.15) is 0 Å². The van der Waals surface area contributed by atoms with Crippen LogP contribution in [-0.2, 0) is 21.2 Å².